The van der Waals surface area contributed by atoms with Crippen LogP contribution in [0, 0.1) is 17.8 Å². The lowest BCUT2D eigenvalue weighted by atomic mass is 9.77. The van der Waals surface area contributed by atoms with Gasteiger partial charge in [0.05, 0.1) is 18.2 Å². The Balaban J connectivity index is 1.61. The molecule has 3 aliphatic rings. The molecule has 3 rings (SSSR count). The maximum absolute atomic E-state index is 14.8. The number of nitrogens with one attached hydrogen (secondary N) is 2. The zero-order valence-electron chi connectivity index (χ0n) is 15.8. The predicted octanol–water partition coefficient (Wildman–Crippen LogP) is 3.54. The topological polar surface area (TPSA) is 33.3 Å². The van der Waals surface area contributed by atoms with Crippen molar-refractivity contribution >= 4 is 9.24 Å². The van der Waals surface area contributed by atoms with Gasteiger partial charge in [0, 0.05) is 25.9 Å². The van der Waals surface area contributed by atoms with Crippen LogP contribution in [0.3, 0.4) is 0 Å². The van der Waals surface area contributed by atoms with E-state index in [1.807, 2.05) is 0 Å². The molecule has 28 heavy (non-hydrogen) atoms. The van der Waals surface area contributed by atoms with E-state index in [4.69, 9.17) is 0 Å². The summed E-state index contributed by atoms with van der Waals surface area (Å²) in [5.74, 6) is -1.43. The number of hydrogen-bond donors (Lipinski definition) is 2. The lowest BCUT2D eigenvalue weighted by molar-refractivity contribution is -0.313. The molecule has 0 bridgehead atoms. The summed E-state index contributed by atoms with van der Waals surface area (Å²) in [6, 6.07) is 0. The molecule has 7 atom stereocenters. The molecular weight excluding hydrogens is 405 g/mol. The van der Waals surface area contributed by atoms with E-state index in [2.05, 4.69) is 31.5 Å². The van der Waals surface area contributed by atoms with Gasteiger partial charge in [0.15, 0.2) is 6.17 Å². The second-order valence-electron chi connectivity index (χ2n) is 8.59. The van der Waals surface area contributed by atoms with Crippen molar-refractivity contribution in [3.05, 3.63) is 0 Å². The van der Waals surface area contributed by atoms with Crippen LogP contribution in [-0.4, -0.2) is 61.8 Å². The Hall–Kier alpha value is -0.110. The van der Waals surface area contributed by atoms with Crippen molar-refractivity contribution in [1.82, 2.24) is 10.6 Å². The first-order chi connectivity index (χ1) is 13.1. The molecule has 1 saturated heterocycles. The van der Waals surface area contributed by atoms with Crippen LogP contribution in [0.2, 0.25) is 0 Å². The number of alkyl halides is 6. The maximum atomic E-state index is 14.8. The highest BCUT2D eigenvalue weighted by molar-refractivity contribution is 7.17. The van der Waals surface area contributed by atoms with Gasteiger partial charge in [0.1, 0.15) is 18.5 Å². The van der Waals surface area contributed by atoms with Crippen molar-refractivity contribution in [1.29, 1.82) is 0 Å². The summed E-state index contributed by atoms with van der Waals surface area (Å²) >= 11 is 0. The van der Waals surface area contributed by atoms with Gasteiger partial charge in [-0.1, -0.05) is 6.92 Å². The van der Waals surface area contributed by atoms with E-state index in [0.717, 1.165) is 13.1 Å². The quantitative estimate of drug-likeness (QED) is 0.525. The first-order valence-corrected chi connectivity index (χ1v) is 10.6. The van der Waals surface area contributed by atoms with Gasteiger partial charge in [-0.2, -0.15) is 8.78 Å². The Bertz CT molecular complexity index is 500. The molecule has 7 unspecified atom stereocenters. The molecule has 0 amide bonds. The Morgan fingerprint density at radius 2 is 1.46 bits per heavy atom. The van der Waals surface area contributed by atoms with Crippen LogP contribution in [0.5, 0.6) is 0 Å². The molecule has 0 radical (unpaired) electrons. The highest BCUT2D eigenvalue weighted by atomic mass is 31.0. The van der Waals surface area contributed by atoms with Gasteiger partial charge in [-0.3, -0.25) is 0 Å². The number of rotatable bonds is 4. The summed E-state index contributed by atoms with van der Waals surface area (Å²) in [6.07, 6.45) is -15.0. The van der Waals surface area contributed by atoms with Crippen molar-refractivity contribution in [2.45, 2.75) is 81.3 Å². The van der Waals surface area contributed by atoms with E-state index in [0.29, 0.717) is 12.3 Å². The van der Waals surface area contributed by atoms with Gasteiger partial charge in [-0.25, -0.2) is 17.6 Å². The van der Waals surface area contributed by atoms with Gasteiger partial charge in [-0.05, 0) is 30.3 Å². The highest BCUT2D eigenvalue weighted by Crippen LogP contribution is 2.46. The molecule has 2 aliphatic carbocycles. The molecule has 0 aromatic carbocycles. The van der Waals surface area contributed by atoms with Crippen LogP contribution in [0.1, 0.15) is 32.6 Å². The summed E-state index contributed by atoms with van der Waals surface area (Å²) in [5, 5.41) is 6.58. The van der Waals surface area contributed by atoms with Crippen LogP contribution >= 0.6 is 9.24 Å². The summed E-state index contributed by atoms with van der Waals surface area (Å²) in [5.41, 5.74) is -0.758. The first-order valence-electron chi connectivity index (χ1n) is 9.92. The number of hydrogen-bond acceptors (Lipinski definition) is 3. The Morgan fingerprint density at radius 1 is 0.893 bits per heavy atom. The second kappa shape index (κ2) is 8.94. The van der Waals surface area contributed by atoms with E-state index in [1.165, 1.54) is 0 Å². The molecule has 2 N–H and O–H groups in total. The molecular formula is C18H29F6N2OP. The minimum atomic E-state index is -3.88. The monoisotopic (exact) mass is 434 g/mol. The SMILES string of the molecule is CC1CNC(C2CC(F)C(C(F)(F)OC3CC(F)C(F)C(F)C3)C(P)C2)NC1. The smallest absolute Gasteiger partial charge is 0.317 e. The minimum absolute atomic E-state index is 0.0533. The minimum Gasteiger partial charge on any atom is -0.317 e. The molecule has 0 spiro atoms. The van der Waals surface area contributed by atoms with Crippen molar-refractivity contribution in [3.63, 3.8) is 0 Å². The number of halogens is 6. The molecule has 1 heterocycles. The lowest BCUT2D eigenvalue weighted by Crippen LogP contribution is -2.59. The Kier molecular flexibility index (Phi) is 7.21. The average molecular weight is 434 g/mol. The molecule has 10 heteroatoms. The Labute approximate surface area is 163 Å². The summed E-state index contributed by atoms with van der Waals surface area (Å²) < 4.78 is 89.2. The zero-order valence-corrected chi connectivity index (χ0v) is 16.9. The third-order valence-corrected chi connectivity index (χ3v) is 6.86. The van der Waals surface area contributed by atoms with Crippen LogP contribution in [0.15, 0.2) is 0 Å². The fourth-order valence-electron chi connectivity index (χ4n) is 4.64. The van der Waals surface area contributed by atoms with Gasteiger partial charge >= 0.3 is 6.11 Å². The van der Waals surface area contributed by atoms with E-state index in [9.17, 15) is 26.3 Å². The van der Waals surface area contributed by atoms with Crippen molar-refractivity contribution in [2.24, 2.45) is 17.8 Å². The normalized spacial score (nSPS) is 48.4. The maximum Gasteiger partial charge on any atom is 0.362 e. The van der Waals surface area contributed by atoms with E-state index < -0.39 is 61.3 Å². The molecule has 0 aromatic heterocycles. The van der Waals surface area contributed by atoms with Crippen LogP contribution < -0.4 is 10.6 Å². The summed E-state index contributed by atoms with van der Waals surface area (Å²) in [4.78, 5) is 0. The van der Waals surface area contributed by atoms with E-state index >= 15 is 0 Å². The largest absolute Gasteiger partial charge is 0.362 e. The zero-order chi connectivity index (χ0) is 20.6. The Morgan fingerprint density at radius 3 is 2.00 bits per heavy atom. The molecule has 3 nitrogen and oxygen atoms in total. The molecule has 164 valence electrons. The van der Waals surface area contributed by atoms with Gasteiger partial charge in [0.25, 0.3) is 0 Å². The van der Waals surface area contributed by atoms with Crippen molar-refractivity contribution < 1.29 is 31.1 Å². The van der Waals surface area contributed by atoms with Crippen molar-refractivity contribution in [2.75, 3.05) is 13.1 Å². The first kappa shape index (κ1) is 22.6. The number of ether oxygens (including phenoxy) is 1. The fourth-order valence-corrected chi connectivity index (χ4v) is 5.46. The molecule has 1 aliphatic heterocycles. The third kappa shape index (κ3) is 4.96. The highest BCUT2D eigenvalue weighted by Gasteiger charge is 2.55. The third-order valence-electron chi connectivity index (χ3n) is 6.18. The van der Waals surface area contributed by atoms with E-state index in [1.54, 1.807) is 0 Å². The van der Waals surface area contributed by atoms with E-state index in [-0.39, 0.29) is 18.5 Å². The second-order valence-corrected chi connectivity index (χ2v) is 9.44. The summed E-state index contributed by atoms with van der Waals surface area (Å²) in [6.45, 7) is 3.63. The summed E-state index contributed by atoms with van der Waals surface area (Å²) in [7, 11) is 2.28. The van der Waals surface area contributed by atoms with Gasteiger partial charge < -0.3 is 15.4 Å². The average Bonchev–Trinajstić information content (AvgIpc) is 2.59. The molecule has 0 aromatic rings. The predicted molar refractivity (Wildman–Crippen MR) is 97.3 cm³/mol. The van der Waals surface area contributed by atoms with Crippen LogP contribution in [0.25, 0.3) is 0 Å². The van der Waals surface area contributed by atoms with Crippen LogP contribution in [0.4, 0.5) is 26.3 Å². The van der Waals surface area contributed by atoms with Gasteiger partial charge in [-0.15, -0.1) is 9.24 Å². The lowest BCUT2D eigenvalue weighted by Gasteiger charge is -2.45. The fraction of sp³-hybridized carbons (Fsp3) is 1.00. The standard InChI is InChI=1S/C18H29F6N2OP/c1-8-6-25-17(26-7-8)9-2-11(19)15(14(28)3-9)18(23,24)27-10-4-12(20)16(22)13(21)5-10/h8-17,25-26H,2-7,28H2,1H3. The van der Waals surface area contributed by atoms with Crippen molar-refractivity contribution in [3.8, 4) is 0 Å². The van der Waals surface area contributed by atoms with Crippen LogP contribution in [-0.2, 0) is 4.74 Å². The molecule has 2 saturated carbocycles. The van der Waals surface area contributed by atoms with Gasteiger partial charge in [0.2, 0.25) is 0 Å². The molecule has 3 fully saturated rings.